The molecule has 0 unspecified atom stereocenters. The number of urea groups is 1. The normalized spacial score (nSPS) is 19.6. The summed E-state index contributed by atoms with van der Waals surface area (Å²) < 4.78 is 5.35. The molecule has 1 aromatic rings. The number of nitrogens with one attached hydrogen (secondary N) is 1. The first-order chi connectivity index (χ1) is 8.61. The predicted octanol–water partition coefficient (Wildman–Crippen LogP) is 2.49. The van der Waals surface area contributed by atoms with Crippen LogP contribution in [0.1, 0.15) is 51.1 Å². The molecule has 0 radical (unpaired) electrons. The molecule has 1 aliphatic rings. The van der Waals surface area contributed by atoms with Gasteiger partial charge in [-0.15, -0.1) is 0 Å². The molecule has 1 aliphatic heterocycles. The van der Waals surface area contributed by atoms with Gasteiger partial charge in [-0.1, -0.05) is 12.1 Å². The van der Waals surface area contributed by atoms with Gasteiger partial charge in [-0.25, -0.2) is 4.79 Å². The summed E-state index contributed by atoms with van der Waals surface area (Å²) in [5.74, 6) is 0.809. The third-order valence-corrected chi connectivity index (χ3v) is 3.19. The van der Waals surface area contributed by atoms with E-state index in [2.05, 4.69) is 10.5 Å². The monoisotopic (exact) mass is 251 g/mol. The molecule has 0 saturated carbocycles. The van der Waals surface area contributed by atoms with Crippen molar-refractivity contribution in [2.24, 2.45) is 0 Å². The van der Waals surface area contributed by atoms with Gasteiger partial charge in [0.25, 0.3) is 0 Å². The minimum absolute atomic E-state index is 0.0121. The molecule has 0 aliphatic carbocycles. The van der Waals surface area contributed by atoms with E-state index >= 15 is 0 Å². The van der Waals surface area contributed by atoms with Gasteiger partial charge in [-0.2, -0.15) is 0 Å². The number of nitrogens with zero attached hydrogens (tertiary/aromatic N) is 2. The van der Waals surface area contributed by atoms with Crippen molar-refractivity contribution in [2.75, 3.05) is 6.54 Å². The molecule has 0 bridgehead atoms. The number of amides is 2. The van der Waals surface area contributed by atoms with Crippen LogP contribution in [0.5, 0.6) is 0 Å². The van der Waals surface area contributed by atoms with E-state index in [1.165, 1.54) is 0 Å². The lowest BCUT2D eigenvalue weighted by atomic mass is 10.1. The van der Waals surface area contributed by atoms with Crippen LogP contribution in [0.3, 0.4) is 0 Å². The molecule has 1 saturated heterocycles. The van der Waals surface area contributed by atoms with E-state index in [1.807, 2.05) is 31.7 Å². The summed E-state index contributed by atoms with van der Waals surface area (Å²) >= 11 is 0. The maximum Gasteiger partial charge on any atom is 0.318 e. The molecule has 0 spiro atoms. The lowest BCUT2D eigenvalue weighted by Crippen LogP contribution is -2.42. The number of rotatable bonds is 3. The van der Waals surface area contributed by atoms with Gasteiger partial charge in [0.15, 0.2) is 5.76 Å². The largest absolute Gasteiger partial charge is 0.359 e. The van der Waals surface area contributed by atoms with E-state index < -0.39 is 0 Å². The SMILES string of the molecule is CCc1cc([C@H]2CCCN2C(=O)NC(C)C)on1. The first-order valence-corrected chi connectivity index (χ1v) is 6.64. The quantitative estimate of drug-likeness (QED) is 0.898. The molecular weight excluding hydrogens is 230 g/mol. The number of carbonyl (C=O) groups excluding carboxylic acids is 1. The third kappa shape index (κ3) is 2.66. The van der Waals surface area contributed by atoms with E-state index in [-0.39, 0.29) is 18.1 Å². The number of carbonyl (C=O) groups is 1. The fraction of sp³-hybridized carbons (Fsp3) is 0.692. The molecule has 1 atom stereocenters. The Kier molecular flexibility index (Phi) is 3.89. The number of likely N-dealkylation sites (tertiary alicyclic amines) is 1. The van der Waals surface area contributed by atoms with Crippen LogP contribution in [0.15, 0.2) is 10.6 Å². The molecular formula is C13H21N3O2. The molecule has 5 heteroatoms. The zero-order valence-corrected chi connectivity index (χ0v) is 11.3. The van der Waals surface area contributed by atoms with E-state index in [4.69, 9.17) is 4.52 Å². The summed E-state index contributed by atoms with van der Waals surface area (Å²) in [6.07, 6.45) is 2.82. The van der Waals surface area contributed by atoms with Crippen molar-refractivity contribution in [1.29, 1.82) is 0 Å². The Labute approximate surface area is 108 Å². The molecule has 100 valence electrons. The molecule has 2 heterocycles. The van der Waals surface area contributed by atoms with Crippen LogP contribution < -0.4 is 5.32 Å². The van der Waals surface area contributed by atoms with Crippen LogP contribution in [-0.2, 0) is 6.42 Å². The number of aryl methyl sites for hydroxylation is 1. The number of hydrogen-bond acceptors (Lipinski definition) is 3. The Balaban J connectivity index is 2.09. The van der Waals surface area contributed by atoms with Crippen molar-refractivity contribution < 1.29 is 9.32 Å². The summed E-state index contributed by atoms with van der Waals surface area (Å²) in [5.41, 5.74) is 0.945. The van der Waals surface area contributed by atoms with Gasteiger partial charge in [0.05, 0.1) is 11.7 Å². The van der Waals surface area contributed by atoms with Crippen LogP contribution >= 0.6 is 0 Å². The molecule has 1 N–H and O–H groups in total. The smallest absolute Gasteiger partial charge is 0.318 e. The lowest BCUT2D eigenvalue weighted by molar-refractivity contribution is 0.180. The van der Waals surface area contributed by atoms with Crippen molar-refractivity contribution in [1.82, 2.24) is 15.4 Å². The van der Waals surface area contributed by atoms with E-state index in [0.29, 0.717) is 0 Å². The maximum absolute atomic E-state index is 12.1. The second kappa shape index (κ2) is 5.42. The Bertz CT molecular complexity index is 414. The summed E-state index contributed by atoms with van der Waals surface area (Å²) in [6.45, 7) is 6.75. The van der Waals surface area contributed by atoms with Crippen molar-refractivity contribution in [2.45, 2.75) is 52.1 Å². The van der Waals surface area contributed by atoms with E-state index in [9.17, 15) is 4.79 Å². The second-order valence-corrected chi connectivity index (χ2v) is 5.03. The van der Waals surface area contributed by atoms with Crippen molar-refractivity contribution in [3.63, 3.8) is 0 Å². The maximum atomic E-state index is 12.1. The fourth-order valence-electron chi connectivity index (χ4n) is 2.29. The number of aromatic nitrogens is 1. The molecule has 18 heavy (non-hydrogen) atoms. The Morgan fingerprint density at radius 2 is 2.44 bits per heavy atom. The van der Waals surface area contributed by atoms with Gasteiger partial charge in [0.1, 0.15) is 0 Å². The van der Waals surface area contributed by atoms with Gasteiger partial charge in [-0.3, -0.25) is 0 Å². The zero-order valence-electron chi connectivity index (χ0n) is 11.3. The van der Waals surface area contributed by atoms with Gasteiger partial charge < -0.3 is 14.7 Å². The van der Waals surface area contributed by atoms with Crippen LogP contribution in [0.2, 0.25) is 0 Å². The highest BCUT2D eigenvalue weighted by molar-refractivity contribution is 5.75. The van der Waals surface area contributed by atoms with Crippen LogP contribution in [0, 0.1) is 0 Å². The lowest BCUT2D eigenvalue weighted by Gasteiger charge is -2.24. The second-order valence-electron chi connectivity index (χ2n) is 5.03. The van der Waals surface area contributed by atoms with Gasteiger partial charge >= 0.3 is 6.03 Å². The van der Waals surface area contributed by atoms with Crippen molar-refractivity contribution in [3.8, 4) is 0 Å². The van der Waals surface area contributed by atoms with E-state index in [1.54, 1.807) is 0 Å². The van der Waals surface area contributed by atoms with E-state index in [0.717, 1.165) is 37.3 Å². The summed E-state index contributed by atoms with van der Waals surface area (Å²) in [4.78, 5) is 13.9. The highest BCUT2D eigenvalue weighted by Gasteiger charge is 2.32. The zero-order chi connectivity index (χ0) is 13.1. The Hall–Kier alpha value is -1.52. The fourth-order valence-corrected chi connectivity index (χ4v) is 2.29. The minimum Gasteiger partial charge on any atom is -0.359 e. The molecule has 2 amide bonds. The Morgan fingerprint density at radius 1 is 1.67 bits per heavy atom. The van der Waals surface area contributed by atoms with Gasteiger partial charge in [0.2, 0.25) is 0 Å². The van der Waals surface area contributed by atoms with Crippen LogP contribution in [-0.4, -0.2) is 28.7 Å². The first kappa shape index (κ1) is 12.9. The molecule has 1 fully saturated rings. The highest BCUT2D eigenvalue weighted by atomic mass is 16.5. The minimum atomic E-state index is -0.0121. The van der Waals surface area contributed by atoms with Gasteiger partial charge in [0, 0.05) is 18.7 Å². The molecule has 1 aromatic heterocycles. The molecule has 2 rings (SSSR count). The van der Waals surface area contributed by atoms with Crippen LogP contribution in [0.4, 0.5) is 4.79 Å². The molecule has 0 aromatic carbocycles. The van der Waals surface area contributed by atoms with Crippen molar-refractivity contribution in [3.05, 3.63) is 17.5 Å². The highest BCUT2D eigenvalue weighted by Crippen LogP contribution is 2.32. The summed E-state index contributed by atoms with van der Waals surface area (Å²) in [7, 11) is 0. The Morgan fingerprint density at radius 3 is 3.06 bits per heavy atom. The summed E-state index contributed by atoms with van der Waals surface area (Å²) in [6, 6.07) is 2.14. The average Bonchev–Trinajstić information content (AvgIpc) is 2.96. The standard InChI is InChI=1S/C13H21N3O2/c1-4-10-8-12(18-15-10)11-6-5-7-16(11)13(17)14-9(2)3/h8-9,11H,4-7H2,1-3H3,(H,14,17)/t11-/m1/s1. The van der Waals surface area contributed by atoms with Crippen molar-refractivity contribution >= 4 is 6.03 Å². The topological polar surface area (TPSA) is 58.4 Å². The van der Waals surface area contributed by atoms with Crippen LogP contribution in [0.25, 0.3) is 0 Å². The third-order valence-electron chi connectivity index (χ3n) is 3.19. The summed E-state index contributed by atoms with van der Waals surface area (Å²) in [5, 5.41) is 6.93. The average molecular weight is 251 g/mol. The number of hydrogen-bond donors (Lipinski definition) is 1. The van der Waals surface area contributed by atoms with Gasteiger partial charge in [-0.05, 0) is 33.1 Å². The first-order valence-electron chi connectivity index (χ1n) is 6.64. The predicted molar refractivity (Wildman–Crippen MR) is 68.2 cm³/mol. The molecule has 5 nitrogen and oxygen atoms in total.